The minimum Gasteiger partial charge on any atom is -0.406 e. The second-order valence-electron chi connectivity index (χ2n) is 7.72. The number of anilines is 2. The highest BCUT2D eigenvalue weighted by atomic mass is 32.2. The number of amides is 2. The van der Waals surface area contributed by atoms with Gasteiger partial charge in [0.1, 0.15) is 11.4 Å². The second-order valence-corrected chi connectivity index (χ2v) is 8.66. The van der Waals surface area contributed by atoms with Crippen molar-refractivity contribution in [3.05, 3.63) is 95.7 Å². The van der Waals surface area contributed by atoms with Gasteiger partial charge < -0.3 is 10.1 Å². The van der Waals surface area contributed by atoms with Crippen LogP contribution in [-0.2, 0) is 9.59 Å². The van der Waals surface area contributed by atoms with Crippen molar-refractivity contribution in [2.45, 2.75) is 13.3 Å². The van der Waals surface area contributed by atoms with Crippen LogP contribution >= 0.6 is 11.8 Å². The minimum absolute atomic E-state index is 0.0753. The summed E-state index contributed by atoms with van der Waals surface area (Å²) in [5.74, 6) is -1.19. The molecule has 0 unspecified atom stereocenters. The molecule has 1 aliphatic rings. The van der Waals surface area contributed by atoms with E-state index in [0.717, 1.165) is 35.0 Å². The topological polar surface area (TPSA) is 71.0 Å². The lowest BCUT2D eigenvalue weighted by atomic mass is 10.1. The number of amidine groups is 1. The van der Waals surface area contributed by atoms with Crippen molar-refractivity contribution < 1.29 is 27.5 Å². The van der Waals surface area contributed by atoms with Gasteiger partial charge in [0.15, 0.2) is 5.17 Å². The molecule has 0 saturated heterocycles. The van der Waals surface area contributed by atoms with Crippen LogP contribution in [0.25, 0.3) is 6.08 Å². The number of ether oxygens (including phenoxy) is 1. The van der Waals surface area contributed by atoms with Crippen LogP contribution in [0.4, 0.5) is 24.5 Å². The largest absolute Gasteiger partial charge is 0.573 e. The molecule has 0 bridgehead atoms. The molecule has 4 rings (SSSR count). The third kappa shape index (κ3) is 6.54. The van der Waals surface area contributed by atoms with E-state index in [1.807, 2.05) is 37.3 Å². The molecule has 36 heavy (non-hydrogen) atoms. The first-order valence-corrected chi connectivity index (χ1v) is 11.7. The Morgan fingerprint density at radius 3 is 2.33 bits per heavy atom. The van der Waals surface area contributed by atoms with E-state index in [4.69, 9.17) is 0 Å². The van der Waals surface area contributed by atoms with E-state index in [2.05, 4.69) is 15.0 Å². The summed E-state index contributed by atoms with van der Waals surface area (Å²) in [4.78, 5) is 31.6. The number of halogens is 3. The van der Waals surface area contributed by atoms with E-state index in [1.54, 1.807) is 30.3 Å². The Morgan fingerprint density at radius 2 is 1.69 bits per heavy atom. The number of nitrogens with zero attached hydrogens (tertiary/aromatic N) is 2. The van der Waals surface area contributed by atoms with Gasteiger partial charge in [-0.1, -0.05) is 59.8 Å². The van der Waals surface area contributed by atoms with E-state index in [-0.39, 0.29) is 23.1 Å². The highest BCUT2D eigenvalue weighted by Crippen LogP contribution is 2.30. The maximum atomic E-state index is 13.2. The van der Waals surface area contributed by atoms with Crippen LogP contribution in [0.2, 0.25) is 0 Å². The maximum Gasteiger partial charge on any atom is 0.573 e. The van der Waals surface area contributed by atoms with Crippen molar-refractivity contribution in [1.82, 2.24) is 0 Å². The van der Waals surface area contributed by atoms with Crippen LogP contribution in [-0.4, -0.2) is 29.1 Å². The molecule has 2 amide bonds. The zero-order valence-electron chi connectivity index (χ0n) is 19.0. The van der Waals surface area contributed by atoms with Crippen LogP contribution in [0.3, 0.4) is 0 Å². The highest BCUT2D eigenvalue weighted by molar-refractivity contribution is 8.14. The fraction of sp³-hybridized carbons (Fsp3) is 0.115. The molecule has 0 saturated carbocycles. The lowest BCUT2D eigenvalue weighted by Gasteiger charge is -2.17. The predicted octanol–water partition coefficient (Wildman–Crippen LogP) is 6.01. The van der Waals surface area contributed by atoms with Crippen molar-refractivity contribution in [2.24, 2.45) is 4.99 Å². The highest BCUT2D eigenvalue weighted by Gasteiger charge is 2.32. The SMILES string of the molecule is Cc1ccc(C=C2N=C(SCC(=O)Nc3ccc(OC(F)(F)F)cc3)N(c3ccccc3)C2=O)cc1. The summed E-state index contributed by atoms with van der Waals surface area (Å²) in [6.45, 7) is 1.97. The van der Waals surface area contributed by atoms with Gasteiger partial charge in [-0.05, 0) is 55.0 Å². The number of alkyl halides is 3. The van der Waals surface area contributed by atoms with Gasteiger partial charge in [0.25, 0.3) is 5.91 Å². The average Bonchev–Trinajstić information content (AvgIpc) is 3.15. The number of thioether (sulfide) groups is 1. The third-order valence-electron chi connectivity index (χ3n) is 4.93. The Labute approximate surface area is 209 Å². The van der Waals surface area contributed by atoms with E-state index >= 15 is 0 Å². The molecular formula is C26H20F3N3O3S. The Morgan fingerprint density at radius 1 is 1.03 bits per heavy atom. The van der Waals surface area contributed by atoms with Crippen LogP contribution < -0.4 is 15.0 Å². The van der Waals surface area contributed by atoms with Crippen molar-refractivity contribution in [2.75, 3.05) is 16.0 Å². The van der Waals surface area contributed by atoms with Gasteiger partial charge in [-0.25, -0.2) is 4.99 Å². The Hall–Kier alpha value is -4.05. The summed E-state index contributed by atoms with van der Waals surface area (Å²) >= 11 is 1.07. The lowest BCUT2D eigenvalue weighted by Crippen LogP contribution is -2.31. The number of benzene rings is 3. The molecular weight excluding hydrogens is 491 g/mol. The van der Waals surface area contributed by atoms with Gasteiger partial charge in [0.05, 0.1) is 11.4 Å². The number of carbonyl (C=O) groups is 2. The van der Waals surface area contributed by atoms with Crippen LogP contribution in [0.1, 0.15) is 11.1 Å². The zero-order valence-corrected chi connectivity index (χ0v) is 19.8. The molecule has 1 N–H and O–H groups in total. The number of hydrogen-bond donors (Lipinski definition) is 1. The first-order chi connectivity index (χ1) is 17.2. The number of carbonyl (C=O) groups excluding carboxylic acids is 2. The van der Waals surface area contributed by atoms with Crippen molar-refractivity contribution in [3.63, 3.8) is 0 Å². The second kappa shape index (κ2) is 10.7. The number of nitrogens with one attached hydrogen (secondary N) is 1. The molecule has 0 atom stereocenters. The molecule has 0 radical (unpaired) electrons. The van der Waals surface area contributed by atoms with Crippen molar-refractivity contribution >= 4 is 46.2 Å². The van der Waals surface area contributed by atoms with E-state index in [0.29, 0.717) is 16.5 Å². The summed E-state index contributed by atoms with van der Waals surface area (Å²) in [6.07, 6.45) is -3.10. The molecule has 3 aromatic rings. The normalized spacial score (nSPS) is 14.7. The first kappa shape index (κ1) is 25.1. The molecule has 0 aliphatic carbocycles. The molecule has 0 aromatic heterocycles. The van der Waals surface area contributed by atoms with Crippen molar-refractivity contribution in [1.29, 1.82) is 0 Å². The van der Waals surface area contributed by atoms with Gasteiger partial charge in [-0.2, -0.15) is 0 Å². The lowest BCUT2D eigenvalue weighted by molar-refractivity contribution is -0.274. The summed E-state index contributed by atoms with van der Waals surface area (Å²) < 4.78 is 40.8. The minimum atomic E-state index is -4.79. The molecule has 6 nitrogen and oxygen atoms in total. The molecule has 3 aromatic carbocycles. The Kier molecular flexibility index (Phi) is 7.44. The summed E-state index contributed by atoms with van der Waals surface area (Å²) in [5, 5.41) is 2.95. The zero-order chi connectivity index (χ0) is 25.7. The van der Waals surface area contributed by atoms with Crippen LogP contribution in [0, 0.1) is 6.92 Å². The Balaban J connectivity index is 1.47. The van der Waals surface area contributed by atoms with Gasteiger partial charge in [0, 0.05) is 5.69 Å². The maximum absolute atomic E-state index is 13.2. The molecule has 1 heterocycles. The first-order valence-electron chi connectivity index (χ1n) is 10.7. The predicted molar refractivity (Wildman–Crippen MR) is 135 cm³/mol. The summed E-state index contributed by atoms with van der Waals surface area (Å²) in [5.41, 5.74) is 3.07. The standard InChI is InChI=1S/C26H20F3N3O3S/c1-17-7-9-18(10-8-17)15-22-24(34)32(20-5-3-2-4-6-20)25(31-22)36-16-23(33)30-19-11-13-21(14-12-19)35-26(27,28)29/h2-15H,16H2,1H3,(H,30,33). The Bertz CT molecular complexity index is 1310. The fourth-order valence-corrected chi connectivity index (χ4v) is 4.10. The average molecular weight is 512 g/mol. The molecule has 184 valence electrons. The number of rotatable bonds is 6. The number of aliphatic imine (C=N–C) groups is 1. The number of para-hydroxylation sites is 1. The molecule has 1 aliphatic heterocycles. The van der Waals surface area contributed by atoms with Gasteiger partial charge >= 0.3 is 6.36 Å². The third-order valence-corrected chi connectivity index (χ3v) is 5.87. The van der Waals surface area contributed by atoms with Gasteiger partial charge in [-0.3, -0.25) is 14.5 Å². The quantitative estimate of drug-likeness (QED) is 0.412. The van der Waals surface area contributed by atoms with Gasteiger partial charge in [-0.15, -0.1) is 13.2 Å². The molecule has 0 spiro atoms. The number of aryl methyl sites for hydroxylation is 1. The molecule has 10 heteroatoms. The van der Waals surface area contributed by atoms with E-state index in [9.17, 15) is 22.8 Å². The van der Waals surface area contributed by atoms with Crippen LogP contribution in [0.15, 0.2) is 89.6 Å². The van der Waals surface area contributed by atoms with Crippen LogP contribution in [0.5, 0.6) is 5.75 Å². The fourth-order valence-electron chi connectivity index (χ4n) is 3.29. The smallest absolute Gasteiger partial charge is 0.406 e. The summed E-state index contributed by atoms with van der Waals surface area (Å²) in [7, 11) is 0. The van der Waals surface area contributed by atoms with Crippen molar-refractivity contribution in [3.8, 4) is 5.75 Å². The van der Waals surface area contributed by atoms with E-state index < -0.39 is 12.3 Å². The monoisotopic (exact) mass is 511 g/mol. The van der Waals surface area contributed by atoms with E-state index in [1.165, 1.54) is 17.0 Å². The summed E-state index contributed by atoms with van der Waals surface area (Å²) in [6, 6.07) is 21.4. The number of hydrogen-bond acceptors (Lipinski definition) is 5. The molecule has 0 fully saturated rings. The van der Waals surface area contributed by atoms with Gasteiger partial charge in [0.2, 0.25) is 5.91 Å².